The van der Waals surface area contributed by atoms with Crippen LogP contribution in [0.1, 0.15) is 51.2 Å². The number of nitrogens with one attached hydrogen (secondary N) is 1. The first-order valence-corrected chi connectivity index (χ1v) is 11.9. The van der Waals surface area contributed by atoms with Gasteiger partial charge in [0.15, 0.2) is 0 Å². The van der Waals surface area contributed by atoms with E-state index < -0.39 is 11.7 Å². The Bertz CT molecular complexity index is 1230. The monoisotopic (exact) mass is 483 g/mol. The predicted octanol–water partition coefficient (Wildman–Crippen LogP) is 6.41. The molecule has 5 rings (SSSR count). The van der Waals surface area contributed by atoms with E-state index in [4.69, 9.17) is 4.74 Å². The molecule has 184 valence electrons. The second-order valence-electron chi connectivity index (χ2n) is 9.27. The van der Waals surface area contributed by atoms with Gasteiger partial charge in [-0.15, -0.1) is 0 Å². The molecule has 2 heterocycles. The maximum atomic E-state index is 13.7. The number of fused-ring (bicyclic) bond motifs is 1. The molecule has 8 heteroatoms. The lowest BCUT2D eigenvalue weighted by Crippen LogP contribution is -2.44. The van der Waals surface area contributed by atoms with Gasteiger partial charge >= 0.3 is 6.18 Å². The van der Waals surface area contributed by atoms with Crippen LogP contribution >= 0.6 is 0 Å². The van der Waals surface area contributed by atoms with Crippen LogP contribution in [0.3, 0.4) is 0 Å². The zero-order chi connectivity index (χ0) is 24.9. The summed E-state index contributed by atoms with van der Waals surface area (Å²) in [7, 11) is 0. The van der Waals surface area contributed by atoms with E-state index in [0.717, 1.165) is 47.2 Å². The number of alkyl halides is 3. The number of amides is 1. The number of carbonyl (C=O) groups excluding carboxylic acids is 1. The molecule has 0 radical (unpaired) electrons. The van der Waals surface area contributed by atoms with Gasteiger partial charge in [0.2, 0.25) is 5.91 Å². The Morgan fingerprint density at radius 3 is 2.40 bits per heavy atom. The number of allylic oxidation sites excluding steroid dienone is 3. The van der Waals surface area contributed by atoms with E-state index in [1.54, 1.807) is 6.07 Å². The fourth-order valence-corrected chi connectivity index (χ4v) is 5.09. The molecule has 1 unspecified atom stereocenters. The van der Waals surface area contributed by atoms with Crippen molar-refractivity contribution in [3.05, 3.63) is 70.6 Å². The van der Waals surface area contributed by atoms with Crippen LogP contribution in [0, 0.1) is 5.92 Å². The quantitative estimate of drug-likeness (QED) is 0.546. The first-order chi connectivity index (χ1) is 16.7. The van der Waals surface area contributed by atoms with Crippen LogP contribution in [0.25, 0.3) is 5.70 Å². The van der Waals surface area contributed by atoms with Crippen LogP contribution in [0.2, 0.25) is 0 Å². The second-order valence-corrected chi connectivity index (χ2v) is 9.27. The average molecular weight is 484 g/mol. The molecule has 0 bridgehead atoms. The maximum Gasteiger partial charge on any atom is 0.416 e. The van der Waals surface area contributed by atoms with E-state index in [1.807, 2.05) is 49.9 Å². The second kappa shape index (κ2) is 8.66. The first kappa shape index (κ1) is 23.3. The van der Waals surface area contributed by atoms with Crippen LogP contribution < -0.4 is 15.0 Å². The van der Waals surface area contributed by atoms with Gasteiger partial charge in [0.1, 0.15) is 5.75 Å². The third-order valence-corrected chi connectivity index (χ3v) is 6.68. The molecule has 2 aromatic carbocycles. The van der Waals surface area contributed by atoms with E-state index in [0.29, 0.717) is 31.1 Å². The van der Waals surface area contributed by atoms with Gasteiger partial charge in [-0.05, 0) is 68.7 Å². The highest BCUT2D eigenvalue weighted by molar-refractivity contribution is 5.87. The molecule has 2 aliphatic heterocycles. The Labute approximate surface area is 202 Å². The van der Waals surface area contributed by atoms with Crippen molar-refractivity contribution in [3.63, 3.8) is 0 Å². The number of rotatable bonds is 4. The molecule has 3 aliphatic rings. The number of ether oxygens (including phenoxy) is 1. The molecule has 1 amide bonds. The van der Waals surface area contributed by atoms with Crippen molar-refractivity contribution in [1.82, 2.24) is 10.2 Å². The van der Waals surface area contributed by atoms with Crippen LogP contribution in [-0.4, -0.2) is 24.1 Å². The predicted molar refractivity (Wildman–Crippen MR) is 129 cm³/mol. The Balaban J connectivity index is 1.68. The maximum absolute atomic E-state index is 13.7. The summed E-state index contributed by atoms with van der Waals surface area (Å²) in [6.07, 6.45) is -2.23. The number of nitrogens with zero attached hydrogens (tertiary/aromatic N) is 2. The van der Waals surface area contributed by atoms with Gasteiger partial charge in [0.05, 0.1) is 30.2 Å². The number of carbonyl (C=O) groups is 1. The number of hydrogen-bond donors (Lipinski definition) is 1. The van der Waals surface area contributed by atoms with Crippen molar-refractivity contribution in [3.8, 4) is 5.75 Å². The molecule has 35 heavy (non-hydrogen) atoms. The van der Waals surface area contributed by atoms with E-state index in [1.165, 1.54) is 11.6 Å². The van der Waals surface area contributed by atoms with E-state index >= 15 is 0 Å². The lowest BCUT2D eigenvalue weighted by atomic mass is 9.93. The van der Waals surface area contributed by atoms with E-state index in [-0.39, 0.29) is 11.8 Å². The molecule has 1 N–H and O–H groups in total. The molecule has 2 aromatic rings. The molecule has 0 saturated heterocycles. The highest BCUT2D eigenvalue weighted by atomic mass is 19.4. The van der Waals surface area contributed by atoms with Crippen molar-refractivity contribution in [1.29, 1.82) is 0 Å². The smallest absolute Gasteiger partial charge is 0.416 e. The lowest BCUT2D eigenvalue weighted by Gasteiger charge is -2.45. The minimum atomic E-state index is -4.44. The minimum absolute atomic E-state index is 0.0173. The molecule has 0 aromatic heterocycles. The Kier molecular flexibility index (Phi) is 5.77. The van der Waals surface area contributed by atoms with Crippen molar-refractivity contribution in [2.24, 2.45) is 5.92 Å². The van der Waals surface area contributed by atoms with Crippen molar-refractivity contribution in [2.45, 2.75) is 46.2 Å². The summed E-state index contributed by atoms with van der Waals surface area (Å²) in [4.78, 5) is 16.2. The number of anilines is 2. The molecule has 0 spiro atoms. The third-order valence-electron chi connectivity index (χ3n) is 6.68. The normalized spacial score (nSPS) is 20.2. The van der Waals surface area contributed by atoms with Crippen LogP contribution in [0.15, 0.2) is 59.4 Å². The molecule has 1 aliphatic carbocycles. The molecule has 5 nitrogen and oxygen atoms in total. The number of halogens is 3. The van der Waals surface area contributed by atoms with Gasteiger partial charge in [-0.25, -0.2) is 0 Å². The fraction of sp³-hybridized carbons (Fsp3) is 0.370. The molecule has 1 atom stereocenters. The average Bonchev–Trinajstić information content (AvgIpc) is 3.63. The van der Waals surface area contributed by atoms with Gasteiger partial charge in [-0.1, -0.05) is 13.0 Å². The zero-order valence-electron chi connectivity index (χ0n) is 20.0. The summed E-state index contributed by atoms with van der Waals surface area (Å²) in [5.74, 6) is 0.670. The first-order valence-electron chi connectivity index (χ1n) is 11.9. The van der Waals surface area contributed by atoms with Gasteiger partial charge in [-0.2, -0.15) is 13.2 Å². The molecule has 1 saturated carbocycles. The summed E-state index contributed by atoms with van der Waals surface area (Å²) in [6.45, 7) is 6.69. The van der Waals surface area contributed by atoms with Crippen molar-refractivity contribution >= 4 is 23.0 Å². The van der Waals surface area contributed by atoms with Crippen molar-refractivity contribution < 1.29 is 22.7 Å². The van der Waals surface area contributed by atoms with E-state index in [2.05, 4.69) is 10.2 Å². The lowest BCUT2D eigenvalue weighted by molar-refractivity contribution is -0.137. The largest absolute Gasteiger partial charge is 0.494 e. The number of hydrogen-bond acceptors (Lipinski definition) is 4. The SMILES string of the molecule is CCOc1ccc(N2CN(C3=C(C)NC(=O)CC3C)C(=C3CC3)c3ccc(C(F)(F)F)cc32)cc1. The Hall–Kier alpha value is -3.42. The summed E-state index contributed by atoms with van der Waals surface area (Å²) in [5, 5.41) is 2.96. The summed E-state index contributed by atoms with van der Waals surface area (Å²) in [5.41, 5.74) is 5.37. The summed E-state index contributed by atoms with van der Waals surface area (Å²) in [6, 6.07) is 11.4. The van der Waals surface area contributed by atoms with Crippen LogP contribution in [-0.2, 0) is 11.0 Å². The molecular formula is C27H28F3N3O2. The van der Waals surface area contributed by atoms with Crippen LogP contribution in [0.4, 0.5) is 24.5 Å². The molecule has 1 fully saturated rings. The van der Waals surface area contributed by atoms with Crippen LogP contribution in [0.5, 0.6) is 5.75 Å². The highest BCUT2D eigenvalue weighted by Gasteiger charge is 2.39. The third kappa shape index (κ3) is 4.37. The summed E-state index contributed by atoms with van der Waals surface area (Å²) >= 11 is 0. The molecular weight excluding hydrogens is 455 g/mol. The van der Waals surface area contributed by atoms with Gasteiger partial charge in [-0.3, -0.25) is 4.79 Å². The van der Waals surface area contributed by atoms with E-state index in [9.17, 15) is 18.0 Å². The fourth-order valence-electron chi connectivity index (χ4n) is 5.09. The van der Waals surface area contributed by atoms with Gasteiger partial charge in [0.25, 0.3) is 0 Å². The van der Waals surface area contributed by atoms with Gasteiger partial charge in [0, 0.05) is 35.0 Å². The Morgan fingerprint density at radius 1 is 1.09 bits per heavy atom. The topological polar surface area (TPSA) is 44.8 Å². The minimum Gasteiger partial charge on any atom is -0.494 e. The standard InChI is InChI=1S/C27H28F3N3O2/c1-4-35-21-10-8-20(9-11-21)32-15-33(25-16(2)13-24(34)31-17(25)3)26(18-5-6-18)22-12-7-19(14-23(22)32)27(28,29)30/h7-12,14,16H,4-6,13,15H2,1-3H3,(H,31,34). The van der Waals surface area contributed by atoms with Crippen molar-refractivity contribution in [2.75, 3.05) is 18.2 Å². The number of benzene rings is 2. The summed E-state index contributed by atoms with van der Waals surface area (Å²) < 4.78 is 46.6. The van der Waals surface area contributed by atoms with Gasteiger partial charge < -0.3 is 19.9 Å². The zero-order valence-corrected chi connectivity index (χ0v) is 20.0. The highest BCUT2D eigenvalue weighted by Crippen LogP contribution is 2.50. The Morgan fingerprint density at radius 2 is 1.80 bits per heavy atom.